The Morgan fingerprint density at radius 1 is 1.21 bits per heavy atom. The highest BCUT2D eigenvalue weighted by molar-refractivity contribution is 6.34. The Morgan fingerprint density at radius 3 is 2.64 bits per heavy atom. The number of amides is 2. The number of benzene rings is 2. The van der Waals surface area contributed by atoms with Gasteiger partial charge < -0.3 is 19.7 Å². The molecule has 2 amide bonds. The second-order valence-electron chi connectivity index (χ2n) is 6.01. The van der Waals surface area contributed by atoms with E-state index >= 15 is 0 Å². The first-order valence-electron chi connectivity index (χ1n) is 8.43. The van der Waals surface area contributed by atoms with Crippen molar-refractivity contribution in [2.24, 2.45) is 0 Å². The number of carbonyl (C=O) groups is 2. The molecule has 1 saturated heterocycles. The van der Waals surface area contributed by atoms with Crippen LogP contribution in [-0.2, 0) is 4.79 Å². The first kappa shape index (κ1) is 19.9. The Balaban J connectivity index is 1.82. The molecule has 2 aromatic rings. The second-order valence-corrected chi connectivity index (χ2v) is 6.42. The molecule has 28 heavy (non-hydrogen) atoms. The van der Waals surface area contributed by atoms with Crippen molar-refractivity contribution in [3.63, 3.8) is 0 Å². The molecule has 9 heteroatoms. The first-order chi connectivity index (χ1) is 13.4. The largest absolute Gasteiger partial charge is 0.493 e. The molecule has 0 aliphatic carbocycles. The summed E-state index contributed by atoms with van der Waals surface area (Å²) in [5.41, 5.74) is 0.981. The number of nitrogens with zero attached hydrogens (tertiary/aromatic N) is 1. The second kappa shape index (κ2) is 8.43. The van der Waals surface area contributed by atoms with Crippen LogP contribution < -0.4 is 19.7 Å². The first-order valence-corrected chi connectivity index (χ1v) is 8.81. The Labute approximate surface area is 165 Å². The number of carbonyl (C=O) groups excluding carboxylic acids is 2. The van der Waals surface area contributed by atoms with Gasteiger partial charge in [0.2, 0.25) is 5.91 Å². The molecule has 1 fully saturated rings. The van der Waals surface area contributed by atoms with Crippen LogP contribution in [0.25, 0.3) is 0 Å². The molecule has 2 aromatic carbocycles. The molecule has 1 aliphatic heterocycles. The van der Waals surface area contributed by atoms with E-state index in [9.17, 15) is 18.4 Å². The van der Waals surface area contributed by atoms with Gasteiger partial charge in [-0.05, 0) is 36.8 Å². The molecule has 0 bridgehead atoms. The topological polar surface area (TPSA) is 67.9 Å². The monoisotopic (exact) mass is 410 g/mol. The van der Waals surface area contributed by atoms with Gasteiger partial charge in [-0.15, -0.1) is 0 Å². The average molecular weight is 411 g/mol. The molecule has 0 aromatic heterocycles. The molecule has 0 atom stereocenters. The maximum absolute atomic E-state index is 12.6. The van der Waals surface area contributed by atoms with Gasteiger partial charge in [0.05, 0.1) is 17.8 Å². The Morgan fingerprint density at radius 2 is 2.00 bits per heavy atom. The standard InChI is InChI=1S/C19H17ClF2N2O4/c1-27-15-7-5-12(10-16(15)28-19(21)22)23-18(26)11-4-6-13(20)14(9-11)24-8-2-3-17(24)25/h4-7,9-10,19H,2-3,8H2,1H3,(H,23,26). The number of alkyl halides is 2. The van der Waals surface area contributed by atoms with Crippen molar-refractivity contribution in [3.05, 3.63) is 47.0 Å². The highest BCUT2D eigenvalue weighted by Crippen LogP contribution is 2.33. The molecule has 0 spiro atoms. The third-order valence-electron chi connectivity index (χ3n) is 4.21. The summed E-state index contributed by atoms with van der Waals surface area (Å²) in [5, 5.41) is 2.97. The van der Waals surface area contributed by atoms with Crippen LogP contribution in [0.3, 0.4) is 0 Å². The summed E-state index contributed by atoms with van der Waals surface area (Å²) >= 11 is 6.18. The van der Waals surface area contributed by atoms with E-state index in [4.69, 9.17) is 16.3 Å². The van der Waals surface area contributed by atoms with Crippen molar-refractivity contribution in [2.75, 3.05) is 23.9 Å². The van der Waals surface area contributed by atoms with Crippen LogP contribution in [0, 0.1) is 0 Å². The van der Waals surface area contributed by atoms with Gasteiger partial charge in [-0.1, -0.05) is 11.6 Å². The summed E-state index contributed by atoms with van der Waals surface area (Å²) in [6.07, 6.45) is 1.16. The van der Waals surface area contributed by atoms with Crippen LogP contribution in [0.1, 0.15) is 23.2 Å². The molecule has 0 radical (unpaired) electrons. The van der Waals surface area contributed by atoms with Crippen molar-refractivity contribution < 1.29 is 27.8 Å². The fraction of sp³-hybridized carbons (Fsp3) is 0.263. The van der Waals surface area contributed by atoms with Crippen molar-refractivity contribution in [2.45, 2.75) is 19.5 Å². The van der Waals surface area contributed by atoms with E-state index in [1.807, 2.05) is 0 Å². The number of hydrogen-bond donors (Lipinski definition) is 1. The zero-order valence-electron chi connectivity index (χ0n) is 14.9. The molecular formula is C19H17ClF2N2O4. The highest BCUT2D eigenvalue weighted by Gasteiger charge is 2.24. The van der Waals surface area contributed by atoms with Gasteiger partial charge in [0.25, 0.3) is 5.91 Å². The van der Waals surface area contributed by atoms with Crippen molar-refractivity contribution >= 4 is 34.8 Å². The number of hydrogen-bond acceptors (Lipinski definition) is 4. The SMILES string of the molecule is COc1ccc(NC(=O)c2ccc(Cl)c(N3CCCC3=O)c2)cc1OC(F)F. The third-order valence-corrected chi connectivity index (χ3v) is 4.53. The number of anilines is 2. The van der Waals surface area contributed by atoms with E-state index in [0.29, 0.717) is 23.7 Å². The minimum absolute atomic E-state index is 0.0524. The van der Waals surface area contributed by atoms with Crippen LogP contribution in [0.2, 0.25) is 5.02 Å². The zero-order chi connectivity index (χ0) is 20.3. The lowest BCUT2D eigenvalue weighted by atomic mass is 10.1. The van der Waals surface area contributed by atoms with Crippen LogP contribution in [0.5, 0.6) is 11.5 Å². The van der Waals surface area contributed by atoms with E-state index in [2.05, 4.69) is 10.1 Å². The molecular weight excluding hydrogens is 394 g/mol. The summed E-state index contributed by atoms with van der Waals surface area (Å²) in [7, 11) is 1.32. The summed E-state index contributed by atoms with van der Waals surface area (Å²) in [5.74, 6) is -0.629. The minimum Gasteiger partial charge on any atom is -0.493 e. The Bertz CT molecular complexity index is 907. The zero-order valence-corrected chi connectivity index (χ0v) is 15.6. The van der Waals surface area contributed by atoms with Gasteiger partial charge in [0.15, 0.2) is 11.5 Å². The molecule has 1 heterocycles. The number of methoxy groups -OCH3 is 1. The van der Waals surface area contributed by atoms with Gasteiger partial charge in [0.1, 0.15) is 0 Å². The lowest BCUT2D eigenvalue weighted by Gasteiger charge is -2.18. The lowest BCUT2D eigenvalue weighted by Crippen LogP contribution is -2.24. The molecule has 6 nitrogen and oxygen atoms in total. The van der Waals surface area contributed by atoms with Crippen LogP contribution in [0.4, 0.5) is 20.2 Å². The maximum Gasteiger partial charge on any atom is 0.387 e. The van der Waals surface area contributed by atoms with Crippen LogP contribution in [0.15, 0.2) is 36.4 Å². The van der Waals surface area contributed by atoms with E-state index in [1.54, 1.807) is 4.90 Å². The third kappa shape index (κ3) is 4.33. The quantitative estimate of drug-likeness (QED) is 0.769. The Kier molecular flexibility index (Phi) is 5.99. The van der Waals surface area contributed by atoms with Crippen molar-refractivity contribution in [1.29, 1.82) is 0 Å². The number of rotatable bonds is 6. The van der Waals surface area contributed by atoms with Gasteiger partial charge in [-0.3, -0.25) is 9.59 Å². The fourth-order valence-corrected chi connectivity index (χ4v) is 3.13. The molecule has 0 saturated carbocycles. The predicted octanol–water partition coefficient (Wildman–Crippen LogP) is 4.33. The molecule has 148 valence electrons. The van der Waals surface area contributed by atoms with E-state index < -0.39 is 12.5 Å². The smallest absolute Gasteiger partial charge is 0.387 e. The molecule has 3 rings (SSSR count). The lowest BCUT2D eigenvalue weighted by molar-refractivity contribution is -0.117. The maximum atomic E-state index is 12.6. The van der Waals surface area contributed by atoms with E-state index in [-0.39, 0.29) is 28.7 Å². The highest BCUT2D eigenvalue weighted by atomic mass is 35.5. The predicted molar refractivity (Wildman–Crippen MR) is 101 cm³/mol. The van der Waals surface area contributed by atoms with E-state index in [0.717, 1.165) is 6.42 Å². The molecule has 0 unspecified atom stereocenters. The molecule has 1 N–H and O–H groups in total. The average Bonchev–Trinajstić information content (AvgIpc) is 3.07. The van der Waals surface area contributed by atoms with Gasteiger partial charge in [-0.2, -0.15) is 8.78 Å². The van der Waals surface area contributed by atoms with Crippen molar-refractivity contribution in [3.8, 4) is 11.5 Å². The van der Waals surface area contributed by atoms with Gasteiger partial charge in [0, 0.05) is 30.3 Å². The molecule has 1 aliphatic rings. The minimum atomic E-state index is -3.03. The number of halogens is 3. The van der Waals surface area contributed by atoms with E-state index in [1.165, 1.54) is 43.5 Å². The Hall–Kier alpha value is -2.87. The van der Waals surface area contributed by atoms with Crippen LogP contribution in [-0.4, -0.2) is 32.1 Å². The number of ether oxygens (including phenoxy) is 2. The summed E-state index contributed by atoms with van der Waals surface area (Å²) in [6, 6.07) is 8.72. The van der Waals surface area contributed by atoms with Gasteiger partial charge in [-0.25, -0.2) is 0 Å². The van der Waals surface area contributed by atoms with Crippen LogP contribution >= 0.6 is 11.6 Å². The fourth-order valence-electron chi connectivity index (χ4n) is 2.91. The summed E-state index contributed by atoms with van der Waals surface area (Å²) in [4.78, 5) is 26.1. The summed E-state index contributed by atoms with van der Waals surface area (Å²) < 4.78 is 34.5. The van der Waals surface area contributed by atoms with Crippen molar-refractivity contribution in [1.82, 2.24) is 0 Å². The normalized spacial score (nSPS) is 13.8. The number of nitrogens with one attached hydrogen (secondary N) is 1. The summed E-state index contributed by atoms with van der Waals surface area (Å²) in [6.45, 7) is -2.49. The van der Waals surface area contributed by atoms with Gasteiger partial charge >= 0.3 is 6.61 Å².